The lowest BCUT2D eigenvalue weighted by Crippen LogP contribution is -2.34. The van der Waals surface area contributed by atoms with E-state index in [4.69, 9.17) is 14.2 Å². The zero-order chi connectivity index (χ0) is 29.0. The summed E-state index contributed by atoms with van der Waals surface area (Å²) in [6, 6.07) is 10.7. The number of hydrogen-bond acceptors (Lipinski definition) is 10. The number of nitrogens with one attached hydrogen (secondary N) is 1. The van der Waals surface area contributed by atoms with Gasteiger partial charge in [0.1, 0.15) is 34.2 Å². The fraction of sp³-hybridized carbons (Fsp3) is 0.370. The van der Waals surface area contributed by atoms with Crippen molar-refractivity contribution < 1.29 is 22.6 Å². The van der Waals surface area contributed by atoms with Gasteiger partial charge in [-0.25, -0.2) is 13.4 Å². The molecule has 0 fully saturated rings. The molecule has 0 aliphatic heterocycles. The molecule has 2 atom stereocenters. The van der Waals surface area contributed by atoms with Crippen molar-refractivity contribution in [3.05, 3.63) is 65.9 Å². The van der Waals surface area contributed by atoms with E-state index in [0.717, 1.165) is 5.69 Å². The van der Waals surface area contributed by atoms with Crippen molar-refractivity contribution in [2.24, 2.45) is 0 Å². The molecule has 40 heavy (non-hydrogen) atoms. The molecule has 0 bridgehead atoms. The molecular weight excluding hydrogens is 534 g/mol. The van der Waals surface area contributed by atoms with Crippen LogP contribution in [0.3, 0.4) is 0 Å². The Hall–Kier alpha value is -4.10. The van der Waals surface area contributed by atoms with Gasteiger partial charge >= 0.3 is 0 Å². The monoisotopic (exact) mass is 567 g/mol. The normalized spacial score (nSPS) is 13.2. The second kappa shape index (κ2) is 12.0. The number of para-hydroxylation sites is 1. The molecule has 0 unspecified atom stereocenters. The Kier molecular flexibility index (Phi) is 8.64. The fourth-order valence-electron chi connectivity index (χ4n) is 4.09. The summed E-state index contributed by atoms with van der Waals surface area (Å²) in [7, 11) is -1.11. The first-order valence-corrected chi connectivity index (χ1v) is 14.2. The van der Waals surface area contributed by atoms with E-state index in [1.165, 1.54) is 25.0 Å². The lowest BCUT2D eigenvalue weighted by Gasteiger charge is -2.26. The number of nitrogens with zero attached hydrogens (tertiary/aromatic N) is 6. The van der Waals surface area contributed by atoms with Crippen LogP contribution >= 0.6 is 0 Å². The number of pyridine rings is 1. The molecule has 0 amide bonds. The minimum absolute atomic E-state index is 0.0776. The fourth-order valence-corrected chi connectivity index (χ4v) is 5.20. The first-order chi connectivity index (χ1) is 19.1. The Balaban J connectivity index is 1.85. The van der Waals surface area contributed by atoms with Crippen LogP contribution in [0.2, 0.25) is 0 Å². The zero-order valence-corrected chi connectivity index (χ0v) is 24.3. The number of rotatable bonds is 11. The highest BCUT2D eigenvalue weighted by Gasteiger charge is 2.35. The van der Waals surface area contributed by atoms with Crippen LogP contribution < -0.4 is 14.2 Å². The molecule has 12 nitrogen and oxygen atoms in total. The van der Waals surface area contributed by atoms with E-state index >= 15 is 0 Å². The van der Waals surface area contributed by atoms with Crippen LogP contribution in [-0.4, -0.2) is 63.7 Å². The zero-order valence-electron chi connectivity index (χ0n) is 23.5. The molecule has 0 saturated carbocycles. The number of aryl methyl sites for hydroxylation is 2. The summed E-state index contributed by atoms with van der Waals surface area (Å²) >= 11 is 0. The molecule has 1 aromatic carbocycles. The van der Waals surface area contributed by atoms with E-state index in [2.05, 4.69) is 29.9 Å². The van der Waals surface area contributed by atoms with Gasteiger partial charge in [-0.3, -0.25) is 19.3 Å². The Bertz CT molecular complexity index is 1550. The third-order valence-corrected chi connectivity index (χ3v) is 7.76. The van der Waals surface area contributed by atoms with Crippen molar-refractivity contribution in [1.82, 2.24) is 29.7 Å². The molecule has 0 radical (unpaired) electrons. The second-order valence-corrected chi connectivity index (χ2v) is 11.4. The van der Waals surface area contributed by atoms with Crippen LogP contribution in [0, 0.1) is 13.8 Å². The Morgan fingerprint density at radius 1 is 0.875 bits per heavy atom. The molecular formula is C27H33N7O5S. The maximum absolute atomic E-state index is 13.9. The lowest BCUT2D eigenvalue weighted by molar-refractivity contribution is 0.00394. The third kappa shape index (κ3) is 6.05. The average molecular weight is 568 g/mol. The standard InChI is InChI=1S/C27H33N7O5S/c1-16(2)39-25(21-15-28-18(4)14-29-21)19(5)40(35,36)33-27-32-31-26(20-11-8-10-17(3)30-20)34(27)24-22(37-6)12-9-13-23(24)38-7/h8-16,19,25H,1-7H3,(H,32,33)/t19-,25+/m0/s1. The summed E-state index contributed by atoms with van der Waals surface area (Å²) in [4.78, 5) is 13.2. The average Bonchev–Trinajstić information content (AvgIpc) is 3.33. The molecule has 0 aliphatic carbocycles. The number of aromatic nitrogens is 6. The lowest BCUT2D eigenvalue weighted by atomic mass is 10.2. The van der Waals surface area contributed by atoms with Gasteiger partial charge in [-0.05, 0) is 58.9 Å². The summed E-state index contributed by atoms with van der Waals surface area (Å²) in [6.45, 7) is 8.85. The van der Waals surface area contributed by atoms with Crippen molar-refractivity contribution in [3.8, 4) is 28.7 Å². The van der Waals surface area contributed by atoms with E-state index < -0.39 is 21.4 Å². The summed E-state index contributed by atoms with van der Waals surface area (Å²) in [5, 5.41) is 7.46. The van der Waals surface area contributed by atoms with Gasteiger partial charge in [-0.2, -0.15) is 0 Å². The quantitative estimate of drug-likeness (QED) is 0.282. The Morgan fingerprint density at radius 3 is 2.12 bits per heavy atom. The van der Waals surface area contributed by atoms with Crippen LogP contribution in [0.15, 0.2) is 48.8 Å². The highest BCUT2D eigenvalue weighted by atomic mass is 32.2. The molecule has 0 saturated heterocycles. The topological polar surface area (TPSA) is 143 Å². The van der Waals surface area contributed by atoms with Crippen LogP contribution in [0.4, 0.5) is 5.95 Å². The predicted octanol–water partition coefficient (Wildman–Crippen LogP) is 4.05. The number of anilines is 1. The minimum Gasteiger partial charge on any atom is -0.494 e. The van der Waals surface area contributed by atoms with Crippen molar-refractivity contribution in [2.45, 2.75) is 52.1 Å². The van der Waals surface area contributed by atoms with Gasteiger partial charge in [0.15, 0.2) is 5.82 Å². The molecule has 4 aromatic rings. The van der Waals surface area contributed by atoms with E-state index in [-0.39, 0.29) is 17.9 Å². The molecule has 13 heteroatoms. The third-order valence-electron chi connectivity index (χ3n) is 6.07. The van der Waals surface area contributed by atoms with Crippen LogP contribution in [0.25, 0.3) is 17.2 Å². The molecule has 0 aliphatic rings. The number of methoxy groups -OCH3 is 2. The predicted molar refractivity (Wildman–Crippen MR) is 150 cm³/mol. The van der Waals surface area contributed by atoms with E-state index in [9.17, 15) is 8.42 Å². The highest BCUT2D eigenvalue weighted by molar-refractivity contribution is 7.93. The molecule has 0 spiro atoms. The van der Waals surface area contributed by atoms with E-state index in [1.807, 2.05) is 32.9 Å². The van der Waals surface area contributed by atoms with Gasteiger partial charge in [0.25, 0.3) is 0 Å². The van der Waals surface area contributed by atoms with Gasteiger partial charge in [0.2, 0.25) is 16.0 Å². The van der Waals surface area contributed by atoms with Crippen LogP contribution in [-0.2, 0) is 14.8 Å². The van der Waals surface area contributed by atoms with Crippen LogP contribution in [0.5, 0.6) is 11.5 Å². The highest BCUT2D eigenvalue weighted by Crippen LogP contribution is 2.38. The van der Waals surface area contributed by atoms with Crippen LogP contribution in [0.1, 0.15) is 44.0 Å². The van der Waals surface area contributed by atoms with Gasteiger partial charge < -0.3 is 14.2 Å². The second-order valence-electron chi connectivity index (χ2n) is 9.40. The van der Waals surface area contributed by atoms with Crippen molar-refractivity contribution in [3.63, 3.8) is 0 Å². The Labute approximate surface area is 233 Å². The largest absolute Gasteiger partial charge is 0.494 e. The summed E-state index contributed by atoms with van der Waals surface area (Å²) in [5.74, 6) is 1.04. The van der Waals surface area contributed by atoms with E-state index in [1.54, 1.807) is 44.3 Å². The number of sulfonamides is 1. The molecule has 4 rings (SSSR count). The van der Waals surface area contributed by atoms with Crippen molar-refractivity contribution in [2.75, 3.05) is 18.9 Å². The number of benzene rings is 1. The SMILES string of the molecule is COc1cccc(OC)c1-n1c(NS(=O)(=O)[C@@H](C)[C@@H](OC(C)C)c2cnc(C)cn2)nnc1-c1cccc(C)n1. The smallest absolute Gasteiger partial charge is 0.243 e. The maximum Gasteiger partial charge on any atom is 0.243 e. The summed E-state index contributed by atoms with van der Waals surface area (Å²) in [5.41, 5.74) is 2.74. The Morgan fingerprint density at radius 2 is 1.55 bits per heavy atom. The van der Waals surface area contributed by atoms with Gasteiger partial charge in [-0.15, -0.1) is 10.2 Å². The molecule has 1 N–H and O–H groups in total. The van der Waals surface area contributed by atoms with Gasteiger partial charge in [-0.1, -0.05) is 12.1 Å². The maximum atomic E-state index is 13.9. The molecule has 212 valence electrons. The van der Waals surface area contributed by atoms with Gasteiger partial charge in [0.05, 0.1) is 37.9 Å². The van der Waals surface area contributed by atoms with Gasteiger partial charge in [0, 0.05) is 11.9 Å². The molecule has 3 aromatic heterocycles. The number of hydrogen-bond donors (Lipinski definition) is 1. The van der Waals surface area contributed by atoms with E-state index in [0.29, 0.717) is 34.3 Å². The summed E-state index contributed by atoms with van der Waals surface area (Å²) in [6.07, 6.45) is 1.93. The number of ether oxygens (including phenoxy) is 3. The minimum atomic E-state index is -4.13. The summed E-state index contributed by atoms with van der Waals surface area (Å²) < 4.78 is 49.1. The van der Waals surface area contributed by atoms with Crippen molar-refractivity contribution in [1.29, 1.82) is 0 Å². The van der Waals surface area contributed by atoms with Crippen molar-refractivity contribution >= 4 is 16.0 Å². The molecule has 3 heterocycles. The first-order valence-electron chi connectivity index (χ1n) is 12.6. The first kappa shape index (κ1) is 28.9.